The number of hydrogen-bond donors (Lipinski definition) is 2. The maximum Gasteiger partial charge on any atom is 0.328 e. The van der Waals surface area contributed by atoms with Gasteiger partial charge in [-0.1, -0.05) is 30.3 Å². The minimum absolute atomic E-state index is 0.515. The van der Waals surface area contributed by atoms with Gasteiger partial charge in [0.05, 0.1) is 0 Å². The van der Waals surface area contributed by atoms with Crippen molar-refractivity contribution < 1.29 is 19.8 Å². The van der Waals surface area contributed by atoms with Gasteiger partial charge >= 0.3 is 11.9 Å². The van der Waals surface area contributed by atoms with Crippen molar-refractivity contribution in [3.05, 3.63) is 60.3 Å². The molecule has 132 valence electrons. The van der Waals surface area contributed by atoms with Gasteiger partial charge in [-0.05, 0) is 31.7 Å². The van der Waals surface area contributed by atoms with Gasteiger partial charge in [0.25, 0.3) is 0 Å². The lowest BCUT2D eigenvalue weighted by molar-refractivity contribution is -0.134. The molecule has 1 aromatic heterocycles. The van der Waals surface area contributed by atoms with Gasteiger partial charge < -0.3 is 14.8 Å². The first kappa shape index (κ1) is 18.5. The van der Waals surface area contributed by atoms with Crippen LogP contribution in [0.2, 0.25) is 0 Å². The zero-order valence-corrected chi connectivity index (χ0v) is 14.3. The molecule has 25 heavy (non-hydrogen) atoms. The summed E-state index contributed by atoms with van der Waals surface area (Å²) in [5.41, 5.74) is 4.09. The van der Waals surface area contributed by atoms with Gasteiger partial charge in [0.15, 0.2) is 0 Å². The van der Waals surface area contributed by atoms with Crippen LogP contribution in [0.15, 0.2) is 54.6 Å². The first-order chi connectivity index (χ1) is 11.9. The van der Waals surface area contributed by atoms with Crippen LogP contribution in [0, 0.1) is 0 Å². The van der Waals surface area contributed by atoms with E-state index < -0.39 is 11.9 Å². The molecule has 6 heteroatoms. The Bertz CT molecular complexity index is 749. The molecule has 0 aliphatic carbocycles. The fraction of sp³-hybridized carbons (Fsp3) is 0.263. The van der Waals surface area contributed by atoms with Gasteiger partial charge in [0.1, 0.15) is 0 Å². The van der Waals surface area contributed by atoms with E-state index in [1.807, 2.05) is 0 Å². The Morgan fingerprint density at radius 1 is 1.00 bits per heavy atom. The van der Waals surface area contributed by atoms with Crippen molar-refractivity contribution in [2.24, 2.45) is 0 Å². The summed E-state index contributed by atoms with van der Waals surface area (Å²) in [7, 11) is 2.20. The number of benzene rings is 1. The molecule has 0 saturated heterocycles. The molecule has 0 spiro atoms. The highest BCUT2D eigenvalue weighted by Crippen LogP contribution is 2.30. The number of carboxylic acid groups (broad SMARTS) is 2. The van der Waals surface area contributed by atoms with Crippen molar-refractivity contribution in [1.29, 1.82) is 0 Å². The van der Waals surface area contributed by atoms with Gasteiger partial charge in [-0.15, -0.1) is 0 Å². The van der Waals surface area contributed by atoms with Crippen LogP contribution >= 0.6 is 0 Å². The molecule has 3 rings (SSSR count). The number of aromatic nitrogens is 1. The monoisotopic (exact) mass is 342 g/mol. The lowest BCUT2D eigenvalue weighted by Gasteiger charge is -2.32. The zero-order chi connectivity index (χ0) is 18.4. The van der Waals surface area contributed by atoms with E-state index in [4.69, 9.17) is 10.2 Å². The molecule has 6 nitrogen and oxygen atoms in total. The Labute approximate surface area is 146 Å². The maximum absolute atomic E-state index is 9.55. The predicted octanol–water partition coefficient (Wildman–Crippen LogP) is 2.87. The first-order valence-corrected chi connectivity index (χ1v) is 7.99. The smallest absolute Gasteiger partial charge is 0.328 e. The van der Waals surface area contributed by atoms with Crippen LogP contribution in [0.1, 0.15) is 18.7 Å². The van der Waals surface area contributed by atoms with Crippen molar-refractivity contribution in [3.8, 4) is 11.3 Å². The Balaban J connectivity index is 0.000000242. The van der Waals surface area contributed by atoms with Crippen LogP contribution in [0.25, 0.3) is 11.3 Å². The molecule has 1 aromatic carbocycles. The molecular weight excluding hydrogens is 320 g/mol. The highest BCUT2D eigenvalue weighted by Gasteiger charge is 2.22. The minimum Gasteiger partial charge on any atom is -0.478 e. The number of rotatable bonds is 3. The summed E-state index contributed by atoms with van der Waals surface area (Å²) in [6.45, 7) is 4.50. The van der Waals surface area contributed by atoms with E-state index in [1.54, 1.807) is 0 Å². The largest absolute Gasteiger partial charge is 0.478 e. The van der Waals surface area contributed by atoms with Crippen molar-refractivity contribution in [3.63, 3.8) is 0 Å². The molecule has 2 aromatic rings. The SMILES string of the molecule is CC1c2ccc(-c3ccccc3)n2CCN1C.O=C(O)C=CC(=O)O. The molecule has 0 radical (unpaired) electrons. The summed E-state index contributed by atoms with van der Waals surface area (Å²) in [6, 6.07) is 15.7. The fourth-order valence-corrected chi connectivity index (χ4v) is 2.78. The van der Waals surface area contributed by atoms with Gasteiger partial charge in [-0.3, -0.25) is 4.90 Å². The second-order valence-corrected chi connectivity index (χ2v) is 5.83. The molecular formula is C19H22N2O4. The Hall–Kier alpha value is -2.86. The molecule has 0 amide bonds. The molecule has 2 N–H and O–H groups in total. The van der Waals surface area contributed by atoms with Gasteiger partial charge in [-0.25, -0.2) is 9.59 Å². The molecule has 1 atom stereocenters. The van der Waals surface area contributed by atoms with Crippen LogP contribution in [-0.2, 0) is 16.1 Å². The Morgan fingerprint density at radius 3 is 2.16 bits per heavy atom. The average Bonchev–Trinajstić information content (AvgIpc) is 3.02. The molecule has 1 unspecified atom stereocenters. The van der Waals surface area contributed by atoms with Crippen LogP contribution in [0.5, 0.6) is 0 Å². The third-order valence-corrected chi connectivity index (χ3v) is 4.22. The number of aliphatic carboxylic acids is 2. The molecule has 0 saturated carbocycles. The normalized spacial score (nSPS) is 16.8. The lowest BCUT2D eigenvalue weighted by Crippen LogP contribution is -2.33. The number of fused-ring (bicyclic) bond motifs is 1. The summed E-state index contributed by atoms with van der Waals surface area (Å²) in [5.74, 6) is -2.51. The van der Waals surface area contributed by atoms with Gasteiger partial charge in [0, 0.05) is 42.7 Å². The summed E-state index contributed by atoms with van der Waals surface area (Å²) >= 11 is 0. The summed E-state index contributed by atoms with van der Waals surface area (Å²) in [4.78, 5) is 21.5. The second kappa shape index (κ2) is 8.30. The molecule has 1 aliphatic rings. The summed E-state index contributed by atoms with van der Waals surface area (Å²) in [5, 5.41) is 15.6. The summed E-state index contributed by atoms with van der Waals surface area (Å²) in [6.07, 6.45) is 1.12. The predicted molar refractivity (Wildman–Crippen MR) is 95.3 cm³/mol. The number of likely N-dealkylation sites (N-methyl/N-ethyl adjacent to an activating group) is 1. The fourth-order valence-electron chi connectivity index (χ4n) is 2.78. The number of nitrogens with zero attached hydrogens (tertiary/aromatic N) is 2. The van der Waals surface area contributed by atoms with Crippen LogP contribution in [-0.4, -0.2) is 45.2 Å². The van der Waals surface area contributed by atoms with E-state index in [0.717, 1.165) is 13.1 Å². The highest BCUT2D eigenvalue weighted by molar-refractivity contribution is 5.89. The van der Waals surface area contributed by atoms with Crippen LogP contribution in [0.4, 0.5) is 0 Å². The Kier molecular flexibility index (Phi) is 6.14. The number of carbonyl (C=O) groups is 2. The topological polar surface area (TPSA) is 82.8 Å². The van der Waals surface area contributed by atoms with Crippen molar-refractivity contribution in [1.82, 2.24) is 9.47 Å². The quantitative estimate of drug-likeness (QED) is 0.838. The molecule has 1 aliphatic heterocycles. The van der Waals surface area contributed by atoms with E-state index in [9.17, 15) is 9.59 Å². The van der Waals surface area contributed by atoms with E-state index in [0.29, 0.717) is 18.2 Å². The van der Waals surface area contributed by atoms with Crippen molar-refractivity contribution in [2.45, 2.75) is 19.5 Å². The first-order valence-electron chi connectivity index (χ1n) is 7.99. The van der Waals surface area contributed by atoms with E-state index in [1.165, 1.54) is 17.0 Å². The maximum atomic E-state index is 9.55. The van der Waals surface area contributed by atoms with E-state index in [2.05, 4.69) is 65.9 Å². The number of hydrogen-bond acceptors (Lipinski definition) is 3. The molecule has 0 fully saturated rings. The highest BCUT2D eigenvalue weighted by atomic mass is 16.4. The Morgan fingerprint density at radius 2 is 1.60 bits per heavy atom. The summed E-state index contributed by atoms with van der Waals surface area (Å²) < 4.78 is 2.46. The second-order valence-electron chi connectivity index (χ2n) is 5.83. The third-order valence-electron chi connectivity index (χ3n) is 4.22. The molecule has 0 bridgehead atoms. The number of carboxylic acids is 2. The van der Waals surface area contributed by atoms with Gasteiger partial charge in [0.2, 0.25) is 0 Å². The minimum atomic E-state index is -1.26. The zero-order valence-electron chi connectivity index (χ0n) is 14.3. The van der Waals surface area contributed by atoms with Gasteiger partial charge in [-0.2, -0.15) is 0 Å². The van der Waals surface area contributed by atoms with E-state index >= 15 is 0 Å². The third kappa shape index (κ3) is 4.81. The van der Waals surface area contributed by atoms with Crippen LogP contribution in [0.3, 0.4) is 0 Å². The van der Waals surface area contributed by atoms with Crippen molar-refractivity contribution >= 4 is 11.9 Å². The lowest BCUT2D eigenvalue weighted by atomic mass is 10.1. The molecule has 2 heterocycles. The average molecular weight is 342 g/mol. The standard InChI is InChI=1S/C15H18N2.C4H4O4/c1-12-14-8-9-15(13-6-4-3-5-7-13)17(14)11-10-16(12)2;5-3(6)1-2-4(7)8/h3-9,12H,10-11H2,1-2H3;1-2H,(H,5,6)(H,7,8). The van der Waals surface area contributed by atoms with Crippen molar-refractivity contribution in [2.75, 3.05) is 13.6 Å². The van der Waals surface area contributed by atoms with E-state index in [-0.39, 0.29) is 0 Å². The van der Waals surface area contributed by atoms with Crippen LogP contribution < -0.4 is 0 Å².